The second-order valence-electron chi connectivity index (χ2n) is 15.7. The summed E-state index contributed by atoms with van der Waals surface area (Å²) >= 11 is 0. The SMILES string of the molecule is CC1(C)c2ccccc2-c2ccc(N(c3ccccc3)c3ccc(-c4ccc5oc6c7ccccc7c(-c7ccc(-c8ccccc8)cc7)cc6c5c4)cc3)cc21. The van der Waals surface area contributed by atoms with Gasteiger partial charge in [-0.15, -0.1) is 0 Å². The van der Waals surface area contributed by atoms with Crippen molar-refractivity contribution in [1.82, 2.24) is 0 Å². The lowest BCUT2D eigenvalue weighted by Gasteiger charge is -2.28. The Hall–Kier alpha value is -7.16. The van der Waals surface area contributed by atoms with Crippen molar-refractivity contribution in [3.8, 4) is 44.5 Å². The molecule has 0 aliphatic heterocycles. The van der Waals surface area contributed by atoms with Gasteiger partial charge in [-0.05, 0) is 116 Å². The molecule has 1 aromatic heterocycles. The first-order chi connectivity index (χ1) is 28.0. The highest BCUT2D eigenvalue weighted by atomic mass is 16.3. The molecule has 0 saturated heterocycles. The van der Waals surface area contributed by atoms with Crippen LogP contribution in [0.3, 0.4) is 0 Å². The van der Waals surface area contributed by atoms with Gasteiger partial charge >= 0.3 is 0 Å². The Labute approximate surface area is 332 Å². The second kappa shape index (κ2) is 13.0. The summed E-state index contributed by atoms with van der Waals surface area (Å²) in [4.78, 5) is 2.37. The summed E-state index contributed by atoms with van der Waals surface area (Å²) in [5.41, 5.74) is 17.7. The number of para-hydroxylation sites is 1. The highest BCUT2D eigenvalue weighted by Crippen LogP contribution is 2.51. The van der Waals surface area contributed by atoms with E-state index >= 15 is 0 Å². The van der Waals surface area contributed by atoms with Crippen LogP contribution < -0.4 is 4.90 Å². The number of hydrogen-bond acceptors (Lipinski definition) is 2. The molecule has 0 bridgehead atoms. The van der Waals surface area contributed by atoms with Gasteiger partial charge in [0.2, 0.25) is 0 Å². The van der Waals surface area contributed by atoms with E-state index in [1.165, 1.54) is 49.9 Å². The molecule has 1 heterocycles. The molecule has 0 atom stereocenters. The summed E-state index contributed by atoms with van der Waals surface area (Å²) < 4.78 is 6.63. The highest BCUT2D eigenvalue weighted by Gasteiger charge is 2.35. The third-order valence-electron chi connectivity index (χ3n) is 12.1. The molecule has 57 heavy (non-hydrogen) atoms. The largest absolute Gasteiger partial charge is 0.455 e. The van der Waals surface area contributed by atoms with Gasteiger partial charge in [0.1, 0.15) is 11.2 Å². The lowest BCUT2D eigenvalue weighted by molar-refractivity contribution is 0.660. The maximum atomic E-state index is 6.63. The molecule has 11 rings (SSSR count). The van der Waals surface area contributed by atoms with Crippen LogP contribution in [0.5, 0.6) is 0 Å². The predicted molar refractivity (Wildman–Crippen MR) is 240 cm³/mol. The first-order valence-electron chi connectivity index (χ1n) is 19.8. The molecule has 0 N–H and O–H groups in total. The van der Waals surface area contributed by atoms with Crippen LogP contribution in [0.1, 0.15) is 25.0 Å². The van der Waals surface area contributed by atoms with Crippen molar-refractivity contribution < 1.29 is 4.42 Å². The maximum Gasteiger partial charge on any atom is 0.143 e. The molecule has 9 aromatic carbocycles. The summed E-state index contributed by atoms with van der Waals surface area (Å²) in [6.07, 6.45) is 0. The smallest absolute Gasteiger partial charge is 0.143 e. The van der Waals surface area contributed by atoms with Crippen molar-refractivity contribution in [1.29, 1.82) is 0 Å². The van der Waals surface area contributed by atoms with Gasteiger partial charge in [-0.1, -0.05) is 159 Å². The quantitative estimate of drug-likeness (QED) is 0.169. The van der Waals surface area contributed by atoms with Crippen LogP contribution in [0, 0.1) is 0 Å². The summed E-state index contributed by atoms with van der Waals surface area (Å²) in [5, 5.41) is 4.55. The number of hydrogen-bond donors (Lipinski definition) is 0. The third-order valence-corrected chi connectivity index (χ3v) is 12.1. The number of fused-ring (bicyclic) bond motifs is 8. The molecular weight excluding hydrogens is 691 g/mol. The van der Waals surface area contributed by atoms with Gasteiger partial charge < -0.3 is 9.32 Å². The molecule has 0 saturated carbocycles. The minimum Gasteiger partial charge on any atom is -0.455 e. The van der Waals surface area contributed by atoms with E-state index in [9.17, 15) is 0 Å². The minimum absolute atomic E-state index is 0.0793. The number of furan rings is 1. The normalized spacial score (nSPS) is 12.9. The fraction of sp³-hybridized carbons (Fsp3) is 0.0545. The maximum absolute atomic E-state index is 6.63. The van der Waals surface area contributed by atoms with Crippen molar-refractivity contribution in [2.75, 3.05) is 4.90 Å². The Kier molecular flexibility index (Phi) is 7.55. The number of rotatable bonds is 6. The van der Waals surface area contributed by atoms with Gasteiger partial charge in [0.15, 0.2) is 0 Å². The molecule has 0 unspecified atom stereocenters. The zero-order valence-corrected chi connectivity index (χ0v) is 31.9. The first-order valence-corrected chi connectivity index (χ1v) is 19.8. The summed E-state index contributed by atoms with van der Waals surface area (Å²) in [5.74, 6) is 0. The molecule has 2 nitrogen and oxygen atoms in total. The van der Waals surface area contributed by atoms with E-state index < -0.39 is 0 Å². The fourth-order valence-corrected chi connectivity index (χ4v) is 9.15. The van der Waals surface area contributed by atoms with Crippen molar-refractivity contribution in [3.63, 3.8) is 0 Å². The Balaban J connectivity index is 0.984. The molecule has 1 aliphatic rings. The van der Waals surface area contributed by atoms with Crippen LogP contribution in [-0.2, 0) is 5.41 Å². The van der Waals surface area contributed by atoms with E-state index in [0.29, 0.717) is 0 Å². The van der Waals surface area contributed by atoms with Gasteiger partial charge in [-0.25, -0.2) is 0 Å². The van der Waals surface area contributed by atoms with Crippen molar-refractivity contribution in [2.24, 2.45) is 0 Å². The molecule has 0 amide bonds. The Morgan fingerprint density at radius 1 is 0.351 bits per heavy atom. The highest BCUT2D eigenvalue weighted by molar-refractivity contribution is 6.19. The van der Waals surface area contributed by atoms with Gasteiger partial charge in [0.25, 0.3) is 0 Å². The molecule has 10 aromatic rings. The average Bonchev–Trinajstić information content (AvgIpc) is 3.76. The van der Waals surface area contributed by atoms with E-state index in [4.69, 9.17) is 4.42 Å². The van der Waals surface area contributed by atoms with Crippen LogP contribution in [0.4, 0.5) is 17.1 Å². The molecule has 270 valence electrons. The Morgan fingerprint density at radius 2 is 0.912 bits per heavy atom. The average molecular weight is 730 g/mol. The summed E-state index contributed by atoms with van der Waals surface area (Å²) in [7, 11) is 0. The lowest BCUT2D eigenvalue weighted by Crippen LogP contribution is -2.16. The van der Waals surface area contributed by atoms with Gasteiger partial charge in [0.05, 0.1) is 0 Å². The van der Waals surface area contributed by atoms with E-state index in [1.807, 2.05) is 0 Å². The van der Waals surface area contributed by atoms with E-state index in [-0.39, 0.29) is 5.41 Å². The molecule has 0 fully saturated rings. The lowest BCUT2D eigenvalue weighted by atomic mass is 9.82. The van der Waals surface area contributed by atoms with Crippen LogP contribution in [0.25, 0.3) is 77.2 Å². The third kappa shape index (κ3) is 5.40. The number of anilines is 3. The summed E-state index contributed by atoms with van der Waals surface area (Å²) in [6.45, 7) is 4.69. The second-order valence-corrected chi connectivity index (χ2v) is 15.7. The Bertz CT molecular complexity index is 3120. The molecular formula is C55H39NO. The molecule has 0 radical (unpaired) electrons. The summed E-state index contributed by atoms with van der Waals surface area (Å²) in [6, 6.07) is 72.5. The number of benzene rings is 9. The molecule has 2 heteroatoms. The fourth-order valence-electron chi connectivity index (χ4n) is 9.15. The van der Waals surface area contributed by atoms with E-state index in [1.54, 1.807) is 0 Å². The van der Waals surface area contributed by atoms with Crippen molar-refractivity contribution >= 4 is 49.8 Å². The van der Waals surface area contributed by atoms with Crippen molar-refractivity contribution in [3.05, 3.63) is 211 Å². The number of nitrogens with zero attached hydrogens (tertiary/aromatic N) is 1. The standard InChI is InChI=1S/C55H39NO/c1-55(2)51-20-12-11-18-45(51)46-31-30-43(34-52(46)55)56(41-15-7-4-8-16-41)42-28-25-38(26-29-42)40-27-32-53-49(33-40)50-35-48(44-17-9-10-19-47(44)54(50)57-53)39-23-21-37(22-24-39)36-13-5-3-6-14-36/h3-35H,1-2H3. The van der Waals surface area contributed by atoms with Crippen LogP contribution in [0.15, 0.2) is 205 Å². The zero-order chi connectivity index (χ0) is 38.1. The predicted octanol–water partition coefficient (Wildman–Crippen LogP) is 15.5. The Morgan fingerprint density at radius 3 is 1.70 bits per heavy atom. The topological polar surface area (TPSA) is 16.4 Å². The van der Waals surface area contributed by atoms with Crippen LogP contribution in [0.2, 0.25) is 0 Å². The van der Waals surface area contributed by atoms with Crippen LogP contribution in [-0.4, -0.2) is 0 Å². The van der Waals surface area contributed by atoms with E-state index in [0.717, 1.165) is 55.5 Å². The van der Waals surface area contributed by atoms with Gasteiger partial charge in [0, 0.05) is 38.6 Å². The first kappa shape index (κ1) is 33.2. The monoisotopic (exact) mass is 729 g/mol. The molecule has 0 spiro atoms. The minimum atomic E-state index is -0.0793. The zero-order valence-electron chi connectivity index (χ0n) is 31.9. The van der Waals surface area contributed by atoms with Gasteiger partial charge in [-0.3, -0.25) is 0 Å². The van der Waals surface area contributed by atoms with Crippen LogP contribution >= 0.6 is 0 Å². The van der Waals surface area contributed by atoms with Crippen molar-refractivity contribution in [2.45, 2.75) is 19.3 Å². The van der Waals surface area contributed by atoms with E-state index in [2.05, 4.69) is 219 Å². The molecule has 1 aliphatic carbocycles. The van der Waals surface area contributed by atoms with Gasteiger partial charge in [-0.2, -0.15) is 0 Å².